The minimum Gasteiger partial charge on any atom is -0.135 e. The van der Waals surface area contributed by atoms with Crippen LogP contribution in [0.25, 0.3) is 41.7 Å². The smallest absolute Gasteiger partial charge is 0.0440 e. The Morgan fingerprint density at radius 2 is 1.00 bits per heavy atom. The Morgan fingerprint density at radius 1 is 0.522 bits per heavy atom. The zero-order valence-corrected chi connectivity index (χ0v) is 14.2. The summed E-state index contributed by atoms with van der Waals surface area (Å²) in [5.41, 5.74) is 0. The molecule has 5 rings (SSSR count). The molecule has 0 saturated heterocycles. The molecular formula is C22H18S. The average Bonchev–Trinajstić information content (AvgIpc) is 3.04. The summed E-state index contributed by atoms with van der Waals surface area (Å²) in [7, 11) is 0. The van der Waals surface area contributed by atoms with E-state index < -0.39 is 0 Å². The number of thiophene rings is 1. The third-order valence-electron chi connectivity index (χ3n) is 4.25. The van der Waals surface area contributed by atoms with E-state index in [1.807, 2.05) is 25.2 Å². The number of rotatable bonds is 0. The van der Waals surface area contributed by atoms with Crippen molar-refractivity contribution in [3.63, 3.8) is 0 Å². The second-order valence-electron chi connectivity index (χ2n) is 5.39. The molecule has 0 bridgehead atoms. The maximum atomic E-state index is 2.25. The summed E-state index contributed by atoms with van der Waals surface area (Å²) in [6.45, 7) is 4.00. The van der Waals surface area contributed by atoms with Crippen LogP contribution in [0.15, 0.2) is 72.8 Å². The van der Waals surface area contributed by atoms with Gasteiger partial charge < -0.3 is 0 Å². The normalized spacial score (nSPS) is 11.0. The van der Waals surface area contributed by atoms with Crippen molar-refractivity contribution in [2.45, 2.75) is 13.8 Å². The van der Waals surface area contributed by atoms with E-state index in [2.05, 4.69) is 72.8 Å². The zero-order chi connectivity index (χ0) is 15.8. The molecule has 0 aliphatic heterocycles. The number of fused-ring (bicyclic) bond motifs is 8. The van der Waals surface area contributed by atoms with Crippen molar-refractivity contribution in [2.75, 3.05) is 0 Å². The topological polar surface area (TPSA) is 0 Å². The van der Waals surface area contributed by atoms with Gasteiger partial charge in [0.15, 0.2) is 0 Å². The second-order valence-corrected chi connectivity index (χ2v) is 6.45. The van der Waals surface area contributed by atoms with Crippen molar-refractivity contribution >= 4 is 53.1 Å². The van der Waals surface area contributed by atoms with Gasteiger partial charge in [-0.15, -0.1) is 11.3 Å². The molecule has 0 aliphatic rings. The van der Waals surface area contributed by atoms with Crippen LogP contribution >= 0.6 is 11.3 Å². The lowest BCUT2D eigenvalue weighted by Gasteiger charge is -2.06. The summed E-state index contributed by atoms with van der Waals surface area (Å²) in [5, 5.41) is 8.22. The quantitative estimate of drug-likeness (QED) is 0.261. The Kier molecular flexibility index (Phi) is 3.51. The predicted molar refractivity (Wildman–Crippen MR) is 106 cm³/mol. The highest BCUT2D eigenvalue weighted by Gasteiger charge is 2.12. The molecule has 1 heteroatoms. The van der Waals surface area contributed by atoms with Crippen LogP contribution < -0.4 is 0 Å². The molecule has 1 aromatic heterocycles. The lowest BCUT2D eigenvalue weighted by Crippen LogP contribution is -1.79. The lowest BCUT2D eigenvalue weighted by atomic mass is 9.97. The van der Waals surface area contributed by atoms with Crippen LogP contribution in [-0.2, 0) is 0 Å². The molecule has 5 aromatic rings. The number of hydrogen-bond donors (Lipinski definition) is 0. The molecule has 0 nitrogen and oxygen atoms in total. The molecule has 0 atom stereocenters. The van der Waals surface area contributed by atoms with Crippen molar-refractivity contribution in [1.29, 1.82) is 0 Å². The van der Waals surface area contributed by atoms with E-state index in [0.29, 0.717) is 0 Å². The van der Waals surface area contributed by atoms with Gasteiger partial charge >= 0.3 is 0 Å². The molecular weight excluding hydrogens is 296 g/mol. The minimum atomic E-state index is 1.35. The first-order valence-corrected chi connectivity index (χ1v) is 8.96. The minimum absolute atomic E-state index is 1.35. The zero-order valence-electron chi connectivity index (χ0n) is 13.3. The fourth-order valence-electron chi connectivity index (χ4n) is 3.35. The van der Waals surface area contributed by atoms with Crippen LogP contribution in [0.4, 0.5) is 0 Å². The molecule has 0 amide bonds. The molecule has 112 valence electrons. The van der Waals surface area contributed by atoms with Crippen molar-refractivity contribution in [3.8, 4) is 0 Å². The van der Waals surface area contributed by atoms with Crippen LogP contribution in [0.3, 0.4) is 0 Å². The summed E-state index contributed by atoms with van der Waals surface area (Å²) in [6, 6.07) is 26.3. The first-order chi connectivity index (χ1) is 11.4. The molecule has 4 aromatic carbocycles. The first kappa shape index (κ1) is 14.2. The maximum absolute atomic E-state index is 2.25. The molecule has 0 N–H and O–H groups in total. The highest BCUT2D eigenvalue weighted by atomic mass is 32.1. The summed E-state index contributed by atoms with van der Waals surface area (Å²) in [4.78, 5) is 0. The van der Waals surface area contributed by atoms with Crippen LogP contribution in [0.5, 0.6) is 0 Å². The van der Waals surface area contributed by atoms with E-state index in [9.17, 15) is 0 Å². The fourth-order valence-corrected chi connectivity index (χ4v) is 4.61. The molecule has 0 radical (unpaired) electrons. The third kappa shape index (κ3) is 2.04. The van der Waals surface area contributed by atoms with Gasteiger partial charge in [0.2, 0.25) is 0 Å². The first-order valence-electron chi connectivity index (χ1n) is 8.14. The van der Waals surface area contributed by atoms with E-state index in [0.717, 1.165) is 0 Å². The Hall–Kier alpha value is -2.38. The van der Waals surface area contributed by atoms with E-state index in [1.54, 1.807) is 0 Å². The molecule has 0 unspecified atom stereocenters. The third-order valence-corrected chi connectivity index (χ3v) is 5.46. The standard InChI is InChI=1S/C20H12S.C2H6/c1-3-9-15-13(7-1)14-8-2-4-10-16(14)20-19(15)17-11-5-6-12-18(17)21-20;1-2/h1-12H;1-2H3. The predicted octanol–water partition coefficient (Wildman–Crippen LogP) is 7.39. The maximum Gasteiger partial charge on any atom is 0.0440 e. The Balaban J connectivity index is 0.000000652. The van der Waals surface area contributed by atoms with Gasteiger partial charge in [0.1, 0.15) is 0 Å². The SMILES string of the molecule is CC.c1ccc2c(c1)sc1c3ccccc3c3ccccc3c21. The Morgan fingerprint density at radius 3 is 1.70 bits per heavy atom. The van der Waals surface area contributed by atoms with E-state index in [-0.39, 0.29) is 0 Å². The number of benzene rings is 4. The molecule has 0 aliphatic carbocycles. The van der Waals surface area contributed by atoms with Gasteiger partial charge in [-0.1, -0.05) is 80.6 Å². The summed E-state index contributed by atoms with van der Waals surface area (Å²) < 4.78 is 2.78. The number of hydrogen-bond acceptors (Lipinski definition) is 1. The van der Waals surface area contributed by atoms with Gasteiger partial charge in [-0.3, -0.25) is 0 Å². The van der Waals surface area contributed by atoms with E-state index in [4.69, 9.17) is 0 Å². The van der Waals surface area contributed by atoms with E-state index in [1.165, 1.54) is 41.7 Å². The van der Waals surface area contributed by atoms with Gasteiger partial charge in [-0.2, -0.15) is 0 Å². The van der Waals surface area contributed by atoms with Crippen LogP contribution in [0.2, 0.25) is 0 Å². The summed E-state index contributed by atoms with van der Waals surface area (Å²) in [5.74, 6) is 0. The van der Waals surface area contributed by atoms with Gasteiger partial charge in [0.25, 0.3) is 0 Å². The molecule has 0 saturated carbocycles. The molecule has 0 spiro atoms. The van der Waals surface area contributed by atoms with Gasteiger partial charge in [-0.25, -0.2) is 0 Å². The van der Waals surface area contributed by atoms with Gasteiger partial charge in [0.05, 0.1) is 0 Å². The van der Waals surface area contributed by atoms with Crippen molar-refractivity contribution in [3.05, 3.63) is 72.8 Å². The molecule has 1 heterocycles. The van der Waals surface area contributed by atoms with E-state index >= 15 is 0 Å². The van der Waals surface area contributed by atoms with Crippen molar-refractivity contribution in [1.82, 2.24) is 0 Å². The lowest BCUT2D eigenvalue weighted by molar-refractivity contribution is 1.50. The molecule has 0 fully saturated rings. The summed E-state index contributed by atoms with van der Waals surface area (Å²) >= 11 is 1.91. The largest absolute Gasteiger partial charge is 0.135 e. The fraction of sp³-hybridized carbons (Fsp3) is 0.0909. The highest BCUT2D eigenvalue weighted by molar-refractivity contribution is 7.27. The Labute approximate surface area is 140 Å². The van der Waals surface area contributed by atoms with Gasteiger partial charge in [0, 0.05) is 25.6 Å². The average molecular weight is 314 g/mol. The van der Waals surface area contributed by atoms with Gasteiger partial charge in [-0.05, 0) is 22.2 Å². The molecule has 23 heavy (non-hydrogen) atoms. The van der Waals surface area contributed by atoms with Crippen molar-refractivity contribution in [2.24, 2.45) is 0 Å². The second kappa shape index (κ2) is 5.68. The Bertz CT molecular complexity index is 1130. The summed E-state index contributed by atoms with van der Waals surface area (Å²) in [6.07, 6.45) is 0. The van der Waals surface area contributed by atoms with Crippen molar-refractivity contribution < 1.29 is 0 Å². The highest BCUT2D eigenvalue weighted by Crippen LogP contribution is 2.43. The van der Waals surface area contributed by atoms with Crippen LogP contribution in [0.1, 0.15) is 13.8 Å². The van der Waals surface area contributed by atoms with Crippen LogP contribution in [0, 0.1) is 0 Å². The monoisotopic (exact) mass is 314 g/mol. The van der Waals surface area contributed by atoms with Crippen LogP contribution in [-0.4, -0.2) is 0 Å².